The summed E-state index contributed by atoms with van der Waals surface area (Å²) in [7, 11) is 1.65. The summed E-state index contributed by atoms with van der Waals surface area (Å²) in [6, 6.07) is 9.72. The Morgan fingerprint density at radius 1 is 1.48 bits per heavy atom. The van der Waals surface area contributed by atoms with E-state index in [0.717, 1.165) is 41.4 Å². The molecule has 0 bridgehead atoms. The SMILES string of the molecule is COc1cccc(-c2nc(CC(C)(C)NCC(=O)N3CCC[C@H]3C#N)c(C)[nH]2)c1. The molecule has 1 aliphatic rings. The zero-order valence-corrected chi connectivity index (χ0v) is 17.6. The monoisotopic (exact) mass is 395 g/mol. The smallest absolute Gasteiger partial charge is 0.237 e. The van der Waals surface area contributed by atoms with Crippen molar-refractivity contribution in [2.24, 2.45) is 0 Å². The van der Waals surface area contributed by atoms with Gasteiger partial charge in [-0.15, -0.1) is 0 Å². The maximum Gasteiger partial charge on any atom is 0.237 e. The molecule has 1 saturated heterocycles. The molecular formula is C22H29N5O2. The average Bonchev–Trinajstić information content (AvgIpc) is 3.33. The van der Waals surface area contributed by atoms with E-state index >= 15 is 0 Å². The molecule has 7 heteroatoms. The molecule has 0 saturated carbocycles. The van der Waals surface area contributed by atoms with Gasteiger partial charge >= 0.3 is 0 Å². The zero-order chi connectivity index (χ0) is 21.0. The van der Waals surface area contributed by atoms with Gasteiger partial charge in [0.15, 0.2) is 0 Å². The van der Waals surface area contributed by atoms with Crippen LogP contribution in [0.1, 0.15) is 38.1 Å². The second-order valence-corrected chi connectivity index (χ2v) is 8.18. The standard InChI is InChI=1S/C22H29N5O2/c1-15-19(26-21(25-15)16-7-5-9-18(11-16)29-4)12-22(2,3)24-14-20(28)27-10-6-8-17(27)13-23/h5,7,9,11,17,24H,6,8,10,12,14H2,1-4H3,(H,25,26)/t17-/m0/s1. The lowest BCUT2D eigenvalue weighted by atomic mass is 9.97. The number of methoxy groups -OCH3 is 1. The minimum Gasteiger partial charge on any atom is -0.497 e. The summed E-state index contributed by atoms with van der Waals surface area (Å²) >= 11 is 0. The van der Waals surface area contributed by atoms with Crippen LogP contribution < -0.4 is 10.1 Å². The summed E-state index contributed by atoms with van der Waals surface area (Å²) in [6.45, 7) is 7.02. The van der Waals surface area contributed by atoms with Gasteiger partial charge in [0.2, 0.25) is 5.91 Å². The van der Waals surface area contributed by atoms with Crippen molar-refractivity contribution < 1.29 is 9.53 Å². The van der Waals surface area contributed by atoms with Gasteiger partial charge in [0.1, 0.15) is 17.6 Å². The lowest BCUT2D eigenvalue weighted by Crippen LogP contribution is -2.48. The lowest BCUT2D eigenvalue weighted by molar-refractivity contribution is -0.130. The maximum atomic E-state index is 12.5. The highest BCUT2D eigenvalue weighted by Gasteiger charge is 2.30. The number of aromatic amines is 1. The van der Waals surface area contributed by atoms with E-state index < -0.39 is 0 Å². The Hall–Kier alpha value is -2.85. The molecular weight excluding hydrogens is 366 g/mol. The third-order valence-corrected chi connectivity index (χ3v) is 5.38. The number of aryl methyl sites for hydroxylation is 1. The Morgan fingerprint density at radius 3 is 3.00 bits per heavy atom. The molecule has 1 aliphatic heterocycles. The molecule has 0 unspecified atom stereocenters. The summed E-state index contributed by atoms with van der Waals surface area (Å²) in [5.41, 5.74) is 2.62. The molecule has 0 radical (unpaired) electrons. The van der Waals surface area contributed by atoms with Gasteiger partial charge in [-0.25, -0.2) is 4.98 Å². The fourth-order valence-corrected chi connectivity index (χ4v) is 3.67. The largest absolute Gasteiger partial charge is 0.497 e. The molecule has 1 amide bonds. The van der Waals surface area contributed by atoms with E-state index in [0.29, 0.717) is 13.0 Å². The van der Waals surface area contributed by atoms with Gasteiger partial charge in [0.05, 0.1) is 25.4 Å². The van der Waals surface area contributed by atoms with E-state index in [9.17, 15) is 10.1 Å². The molecule has 3 rings (SSSR count). The van der Waals surface area contributed by atoms with E-state index in [1.54, 1.807) is 12.0 Å². The van der Waals surface area contributed by atoms with Crippen LogP contribution in [0.3, 0.4) is 0 Å². The molecule has 1 aromatic heterocycles. The van der Waals surface area contributed by atoms with Crippen molar-refractivity contribution in [1.29, 1.82) is 5.26 Å². The van der Waals surface area contributed by atoms with Gasteiger partial charge in [-0.2, -0.15) is 5.26 Å². The number of rotatable bonds is 7. The van der Waals surface area contributed by atoms with Crippen LogP contribution in [0.2, 0.25) is 0 Å². The summed E-state index contributed by atoms with van der Waals surface area (Å²) in [5.74, 6) is 1.58. The lowest BCUT2D eigenvalue weighted by Gasteiger charge is -2.28. The predicted molar refractivity (Wildman–Crippen MR) is 111 cm³/mol. The molecule has 2 aromatic rings. The number of ether oxygens (including phenoxy) is 1. The molecule has 0 aliphatic carbocycles. The second-order valence-electron chi connectivity index (χ2n) is 8.18. The quantitative estimate of drug-likeness (QED) is 0.752. The highest BCUT2D eigenvalue weighted by Crippen LogP contribution is 2.24. The van der Waals surface area contributed by atoms with Crippen molar-refractivity contribution in [1.82, 2.24) is 20.2 Å². The van der Waals surface area contributed by atoms with Crippen molar-refractivity contribution in [2.45, 2.75) is 51.6 Å². The number of hydrogen-bond acceptors (Lipinski definition) is 5. The van der Waals surface area contributed by atoms with E-state index in [2.05, 4.69) is 30.2 Å². The van der Waals surface area contributed by atoms with Crippen molar-refractivity contribution >= 4 is 5.91 Å². The number of hydrogen-bond donors (Lipinski definition) is 2. The van der Waals surface area contributed by atoms with Crippen molar-refractivity contribution in [3.05, 3.63) is 35.7 Å². The van der Waals surface area contributed by atoms with Crippen LogP contribution in [0.4, 0.5) is 0 Å². The van der Waals surface area contributed by atoms with E-state index in [1.165, 1.54) is 0 Å². The Kier molecular flexibility index (Phi) is 6.23. The van der Waals surface area contributed by atoms with Crippen molar-refractivity contribution in [2.75, 3.05) is 20.2 Å². The molecule has 1 atom stereocenters. The fraction of sp³-hybridized carbons (Fsp3) is 0.500. The fourth-order valence-electron chi connectivity index (χ4n) is 3.67. The number of nitriles is 1. The van der Waals surface area contributed by atoms with Gasteiger partial charge in [-0.05, 0) is 45.7 Å². The molecule has 2 heterocycles. The van der Waals surface area contributed by atoms with Gasteiger partial charge in [-0.3, -0.25) is 4.79 Å². The predicted octanol–water partition coefficient (Wildman–Crippen LogP) is 2.82. The zero-order valence-electron chi connectivity index (χ0n) is 17.6. The topological polar surface area (TPSA) is 94.0 Å². The van der Waals surface area contributed by atoms with Crippen LogP contribution in [0.5, 0.6) is 5.75 Å². The maximum absolute atomic E-state index is 12.5. The minimum atomic E-state index is -0.316. The van der Waals surface area contributed by atoms with Crippen molar-refractivity contribution in [3.63, 3.8) is 0 Å². The number of likely N-dealkylation sites (tertiary alicyclic amines) is 1. The Labute approximate surface area is 172 Å². The Balaban J connectivity index is 1.65. The van der Waals surface area contributed by atoms with Crippen LogP contribution >= 0.6 is 0 Å². The number of benzene rings is 1. The van der Waals surface area contributed by atoms with Crippen LogP contribution in [-0.2, 0) is 11.2 Å². The highest BCUT2D eigenvalue weighted by atomic mass is 16.5. The highest BCUT2D eigenvalue weighted by molar-refractivity contribution is 5.79. The van der Waals surface area contributed by atoms with Crippen LogP contribution in [0.15, 0.2) is 24.3 Å². The molecule has 0 spiro atoms. The molecule has 29 heavy (non-hydrogen) atoms. The third-order valence-electron chi connectivity index (χ3n) is 5.38. The van der Waals surface area contributed by atoms with Gasteiger partial charge < -0.3 is 19.9 Å². The molecule has 2 N–H and O–H groups in total. The van der Waals surface area contributed by atoms with E-state index in [-0.39, 0.29) is 24.0 Å². The first-order valence-electron chi connectivity index (χ1n) is 9.97. The number of H-pyrrole nitrogens is 1. The van der Waals surface area contributed by atoms with Gasteiger partial charge in [-0.1, -0.05) is 12.1 Å². The number of imidazole rings is 1. The normalized spacial score (nSPS) is 16.7. The number of nitrogens with zero attached hydrogens (tertiary/aromatic N) is 3. The number of amides is 1. The third kappa shape index (κ3) is 4.96. The van der Waals surface area contributed by atoms with Crippen LogP contribution in [0, 0.1) is 18.3 Å². The summed E-state index contributed by atoms with van der Waals surface area (Å²) < 4.78 is 5.30. The summed E-state index contributed by atoms with van der Waals surface area (Å²) in [5, 5.41) is 12.5. The van der Waals surface area contributed by atoms with Crippen LogP contribution in [-0.4, -0.2) is 52.6 Å². The number of carbonyl (C=O) groups excluding carboxylic acids is 1. The van der Waals surface area contributed by atoms with Gasteiger partial charge in [0.25, 0.3) is 0 Å². The Bertz CT molecular complexity index is 912. The molecule has 154 valence electrons. The average molecular weight is 396 g/mol. The first kappa shape index (κ1) is 20.9. The molecule has 1 fully saturated rings. The molecule has 1 aromatic carbocycles. The molecule has 7 nitrogen and oxygen atoms in total. The van der Waals surface area contributed by atoms with E-state index in [1.807, 2.05) is 31.2 Å². The Morgan fingerprint density at radius 2 is 2.28 bits per heavy atom. The number of nitrogens with one attached hydrogen (secondary N) is 2. The first-order chi connectivity index (χ1) is 13.8. The minimum absolute atomic E-state index is 0.0158. The summed E-state index contributed by atoms with van der Waals surface area (Å²) in [6.07, 6.45) is 2.34. The van der Waals surface area contributed by atoms with Crippen molar-refractivity contribution in [3.8, 4) is 23.2 Å². The summed E-state index contributed by atoms with van der Waals surface area (Å²) in [4.78, 5) is 22.3. The first-order valence-corrected chi connectivity index (χ1v) is 9.97. The van der Waals surface area contributed by atoms with E-state index in [4.69, 9.17) is 9.72 Å². The van der Waals surface area contributed by atoms with Gasteiger partial charge in [0, 0.05) is 29.8 Å². The second kappa shape index (κ2) is 8.66. The van der Waals surface area contributed by atoms with Crippen LogP contribution in [0.25, 0.3) is 11.4 Å². The number of aromatic nitrogens is 2. The number of carbonyl (C=O) groups is 1.